The van der Waals surface area contributed by atoms with Crippen LogP contribution in [0.15, 0.2) is 6.20 Å². The molecule has 1 heterocycles. The summed E-state index contributed by atoms with van der Waals surface area (Å²) in [5.41, 5.74) is 0.653. The normalized spacial score (nSPS) is 11.0. The summed E-state index contributed by atoms with van der Waals surface area (Å²) in [6.07, 6.45) is 1.62. The molecule has 0 unspecified atom stereocenters. The minimum absolute atomic E-state index is 0.0407. The Bertz CT molecular complexity index is 342. The third kappa shape index (κ3) is 2.65. The van der Waals surface area contributed by atoms with Gasteiger partial charge in [-0.2, -0.15) is 0 Å². The van der Waals surface area contributed by atoms with Crippen LogP contribution in [0, 0.1) is 0 Å². The Labute approximate surface area is 90.3 Å². The van der Waals surface area contributed by atoms with Gasteiger partial charge in [-0.05, 0) is 20.8 Å². The van der Waals surface area contributed by atoms with Gasteiger partial charge in [-0.15, -0.1) is 0 Å². The molecule has 0 aromatic carbocycles. The molecule has 0 aliphatic heterocycles. The highest BCUT2D eigenvalue weighted by molar-refractivity contribution is 5.92. The quantitative estimate of drug-likeness (QED) is 0.700. The first-order valence-electron chi connectivity index (χ1n) is 5.22. The first-order chi connectivity index (χ1) is 7.07. The maximum absolute atomic E-state index is 11.4. The molecule has 84 valence electrons. The van der Waals surface area contributed by atoms with Gasteiger partial charge < -0.3 is 9.30 Å². The number of carbonyl (C=O) groups is 1. The standard InChI is InChI=1S/C11H18N2O2/c1-5-15-7-11-12-6-10(9(4)14)13(11)8(2)3/h6,8H,5,7H2,1-4H3. The van der Waals surface area contributed by atoms with Crippen LogP contribution >= 0.6 is 0 Å². The maximum atomic E-state index is 11.4. The van der Waals surface area contributed by atoms with E-state index in [1.54, 1.807) is 13.1 Å². The van der Waals surface area contributed by atoms with Crippen molar-refractivity contribution in [3.05, 3.63) is 17.7 Å². The third-order valence-electron chi connectivity index (χ3n) is 2.19. The third-order valence-corrected chi connectivity index (χ3v) is 2.19. The van der Waals surface area contributed by atoms with Gasteiger partial charge in [-0.25, -0.2) is 4.98 Å². The second kappa shape index (κ2) is 5.07. The monoisotopic (exact) mass is 210 g/mol. The van der Waals surface area contributed by atoms with Crippen molar-refractivity contribution in [1.82, 2.24) is 9.55 Å². The number of imidazole rings is 1. The Hall–Kier alpha value is -1.16. The van der Waals surface area contributed by atoms with Gasteiger partial charge in [0.2, 0.25) is 0 Å². The summed E-state index contributed by atoms with van der Waals surface area (Å²) < 4.78 is 7.24. The van der Waals surface area contributed by atoms with E-state index >= 15 is 0 Å². The maximum Gasteiger partial charge on any atom is 0.177 e. The SMILES string of the molecule is CCOCc1ncc(C(C)=O)n1C(C)C. The molecule has 0 aliphatic rings. The number of hydrogen-bond acceptors (Lipinski definition) is 3. The summed E-state index contributed by atoms with van der Waals surface area (Å²) in [5.74, 6) is 0.857. The molecule has 0 radical (unpaired) electrons. The number of nitrogens with zero attached hydrogens (tertiary/aromatic N) is 2. The van der Waals surface area contributed by atoms with E-state index in [1.165, 1.54) is 0 Å². The van der Waals surface area contributed by atoms with E-state index in [9.17, 15) is 4.79 Å². The molecular weight excluding hydrogens is 192 g/mol. The number of aromatic nitrogens is 2. The Morgan fingerprint density at radius 1 is 1.60 bits per heavy atom. The van der Waals surface area contributed by atoms with Crippen molar-refractivity contribution in [2.75, 3.05) is 6.61 Å². The van der Waals surface area contributed by atoms with Crippen molar-refractivity contribution in [2.24, 2.45) is 0 Å². The zero-order valence-electron chi connectivity index (χ0n) is 9.78. The largest absolute Gasteiger partial charge is 0.374 e. The molecule has 0 aliphatic carbocycles. The van der Waals surface area contributed by atoms with Crippen molar-refractivity contribution < 1.29 is 9.53 Å². The van der Waals surface area contributed by atoms with E-state index in [2.05, 4.69) is 4.98 Å². The van der Waals surface area contributed by atoms with Gasteiger partial charge in [0, 0.05) is 19.6 Å². The Balaban J connectivity index is 3.01. The summed E-state index contributed by atoms with van der Waals surface area (Å²) >= 11 is 0. The summed E-state index contributed by atoms with van der Waals surface area (Å²) in [5, 5.41) is 0. The highest BCUT2D eigenvalue weighted by atomic mass is 16.5. The van der Waals surface area contributed by atoms with Gasteiger partial charge in [0.1, 0.15) is 18.1 Å². The Morgan fingerprint density at radius 3 is 2.73 bits per heavy atom. The lowest BCUT2D eigenvalue weighted by Crippen LogP contribution is -2.13. The molecule has 0 N–H and O–H groups in total. The van der Waals surface area contributed by atoms with E-state index in [1.807, 2.05) is 25.3 Å². The molecule has 0 fully saturated rings. The first kappa shape index (κ1) is 11.9. The van der Waals surface area contributed by atoms with E-state index in [0.717, 1.165) is 5.82 Å². The zero-order valence-corrected chi connectivity index (χ0v) is 9.78. The van der Waals surface area contributed by atoms with Gasteiger partial charge >= 0.3 is 0 Å². The topological polar surface area (TPSA) is 44.1 Å². The van der Waals surface area contributed by atoms with Gasteiger partial charge in [0.05, 0.1) is 6.20 Å². The number of ether oxygens (including phenoxy) is 1. The molecular formula is C11H18N2O2. The summed E-state index contributed by atoms with van der Waals surface area (Å²) in [6, 6.07) is 0.224. The van der Waals surface area contributed by atoms with Crippen LogP contribution < -0.4 is 0 Å². The van der Waals surface area contributed by atoms with Crippen LogP contribution in [0.4, 0.5) is 0 Å². The molecule has 0 saturated heterocycles. The number of hydrogen-bond donors (Lipinski definition) is 0. The molecule has 1 rings (SSSR count). The van der Waals surface area contributed by atoms with E-state index in [0.29, 0.717) is 18.9 Å². The summed E-state index contributed by atoms with van der Waals surface area (Å²) in [4.78, 5) is 15.6. The van der Waals surface area contributed by atoms with E-state index in [-0.39, 0.29) is 11.8 Å². The van der Waals surface area contributed by atoms with Gasteiger partial charge in [0.25, 0.3) is 0 Å². The number of Topliss-reactive ketones (excluding diaryl/α,β-unsaturated/α-hetero) is 1. The van der Waals surface area contributed by atoms with Crippen LogP contribution in [0.25, 0.3) is 0 Å². The fraction of sp³-hybridized carbons (Fsp3) is 0.636. The molecule has 1 aromatic rings. The van der Waals surface area contributed by atoms with Crippen molar-refractivity contribution in [3.8, 4) is 0 Å². The van der Waals surface area contributed by atoms with Gasteiger partial charge in [-0.1, -0.05) is 0 Å². The molecule has 4 heteroatoms. The first-order valence-corrected chi connectivity index (χ1v) is 5.22. The van der Waals surface area contributed by atoms with Crippen molar-refractivity contribution in [1.29, 1.82) is 0 Å². The fourth-order valence-electron chi connectivity index (χ4n) is 1.54. The van der Waals surface area contributed by atoms with Crippen LogP contribution in [0.2, 0.25) is 0 Å². The summed E-state index contributed by atoms with van der Waals surface area (Å²) in [6.45, 7) is 8.67. The van der Waals surface area contributed by atoms with Crippen LogP contribution in [0.5, 0.6) is 0 Å². The predicted octanol–water partition coefficient (Wildman–Crippen LogP) is 2.20. The van der Waals surface area contributed by atoms with E-state index < -0.39 is 0 Å². The highest BCUT2D eigenvalue weighted by Crippen LogP contribution is 2.15. The molecule has 0 bridgehead atoms. The van der Waals surface area contributed by atoms with Crippen molar-refractivity contribution >= 4 is 5.78 Å². The predicted molar refractivity (Wildman–Crippen MR) is 57.9 cm³/mol. The van der Waals surface area contributed by atoms with Crippen LogP contribution in [0.3, 0.4) is 0 Å². The fourth-order valence-corrected chi connectivity index (χ4v) is 1.54. The second-order valence-corrected chi connectivity index (χ2v) is 3.72. The average Bonchev–Trinajstić information content (AvgIpc) is 2.58. The number of carbonyl (C=O) groups excluding carboxylic acids is 1. The number of ketones is 1. The van der Waals surface area contributed by atoms with Crippen molar-refractivity contribution in [3.63, 3.8) is 0 Å². The second-order valence-electron chi connectivity index (χ2n) is 3.72. The summed E-state index contributed by atoms with van der Waals surface area (Å²) in [7, 11) is 0. The lowest BCUT2D eigenvalue weighted by molar-refractivity contribution is 0.0998. The van der Waals surface area contributed by atoms with Gasteiger partial charge in [-0.3, -0.25) is 4.79 Å². The lowest BCUT2D eigenvalue weighted by Gasteiger charge is -2.14. The van der Waals surface area contributed by atoms with Gasteiger partial charge in [0.15, 0.2) is 5.78 Å². The Kier molecular flexibility index (Phi) is 4.03. The molecule has 0 atom stereocenters. The zero-order chi connectivity index (χ0) is 11.4. The molecule has 1 aromatic heterocycles. The van der Waals surface area contributed by atoms with Crippen LogP contribution in [-0.2, 0) is 11.3 Å². The number of rotatable bonds is 5. The molecule has 0 saturated carbocycles. The molecule has 0 spiro atoms. The van der Waals surface area contributed by atoms with Crippen molar-refractivity contribution in [2.45, 2.75) is 40.3 Å². The van der Waals surface area contributed by atoms with Crippen LogP contribution in [-0.4, -0.2) is 21.9 Å². The Morgan fingerprint density at radius 2 is 2.27 bits per heavy atom. The lowest BCUT2D eigenvalue weighted by atomic mass is 10.3. The molecule has 4 nitrogen and oxygen atoms in total. The minimum Gasteiger partial charge on any atom is -0.374 e. The van der Waals surface area contributed by atoms with Crippen LogP contribution in [0.1, 0.15) is 50.0 Å². The molecule has 15 heavy (non-hydrogen) atoms. The minimum atomic E-state index is 0.0407. The molecule has 0 amide bonds. The smallest absolute Gasteiger partial charge is 0.177 e. The average molecular weight is 210 g/mol. The van der Waals surface area contributed by atoms with E-state index in [4.69, 9.17) is 4.74 Å². The highest BCUT2D eigenvalue weighted by Gasteiger charge is 2.15.